The predicted octanol–water partition coefficient (Wildman–Crippen LogP) is 4.15. The third-order valence-electron chi connectivity index (χ3n) is 5.16. The number of benzene rings is 2. The van der Waals surface area contributed by atoms with Crippen LogP contribution in [0.5, 0.6) is 5.75 Å². The van der Waals surface area contributed by atoms with Crippen LogP contribution in [-0.4, -0.2) is 19.9 Å². The first-order valence-corrected chi connectivity index (χ1v) is 9.18. The number of fused-ring (bicyclic) bond motifs is 4. The lowest BCUT2D eigenvalue weighted by molar-refractivity contribution is 0.464. The first-order chi connectivity index (χ1) is 14.3. The standard InChI is InChI=1S/C21H15F2N3O4/c1-8(2)26-20-15(21(29)25-26)14(10-4-3-9(22)7-12(10)23)19-16(24-20)11-5-6-13(27)17(28)18(11)30-19/h3-8,24,28H,1-2H3,(H,25,29). The number of aromatic nitrogens is 3. The largest absolute Gasteiger partial charge is 0.502 e. The van der Waals surface area contributed by atoms with Gasteiger partial charge in [0.1, 0.15) is 17.3 Å². The number of nitrogens with zero attached hydrogens (tertiary/aromatic N) is 1. The highest BCUT2D eigenvalue weighted by atomic mass is 19.1. The normalized spacial score (nSPS) is 12.0. The van der Waals surface area contributed by atoms with Gasteiger partial charge >= 0.3 is 0 Å². The molecular formula is C21H15F2N3O4. The zero-order valence-electron chi connectivity index (χ0n) is 15.8. The van der Waals surface area contributed by atoms with Crippen LogP contribution in [-0.2, 0) is 0 Å². The number of furan rings is 1. The monoisotopic (exact) mass is 411 g/mol. The highest BCUT2D eigenvalue weighted by molar-refractivity contribution is 6.15. The van der Waals surface area contributed by atoms with Gasteiger partial charge in [0.2, 0.25) is 11.2 Å². The molecule has 9 heteroatoms. The Morgan fingerprint density at radius 2 is 1.87 bits per heavy atom. The number of phenols is 1. The molecule has 0 bridgehead atoms. The molecule has 3 N–H and O–H groups in total. The maximum atomic E-state index is 14.8. The van der Waals surface area contributed by atoms with E-state index in [1.54, 1.807) is 4.68 Å². The molecule has 0 saturated carbocycles. The minimum atomic E-state index is -0.880. The van der Waals surface area contributed by atoms with Gasteiger partial charge in [0.05, 0.1) is 10.9 Å². The van der Waals surface area contributed by atoms with E-state index in [1.165, 1.54) is 18.2 Å². The highest BCUT2D eigenvalue weighted by Gasteiger charge is 2.25. The molecule has 3 aromatic heterocycles. The zero-order valence-corrected chi connectivity index (χ0v) is 15.8. The molecule has 7 nitrogen and oxygen atoms in total. The fourth-order valence-electron chi connectivity index (χ4n) is 3.80. The van der Waals surface area contributed by atoms with Crippen molar-refractivity contribution in [3.63, 3.8) is 0 Å². The number of halogens is 2. The second kappa shape index (κ2) is 6.06. The average molecular weight is 411 g/mol. The van der Waals surface area contributed by atoms with E-state index in [0.717, 1.165) is 6.07 Å². The number of aromatic amines is 2. The molecule has 0 aliphatic carbocycles. The van der Waals surface area contributed by atoms with E-state index in [0.29, 0.717) is 22.6 Å². The number of hydrogen-bond acceptors (Lipinski definition) is 4. The van der Waals surface area contributed by atoms with E-state index in [4.69, 9.17) is 4.42 Å². The second-order valence-electron chi connectivity index (χ2n) is 7.35. The fraction of sp³-hybridized carbons (Fsp3) is 0.143. The van der Waals surface area contributed by atoms with Crippen molar-refractivity contribution in [3.05, 3.63) is 62.5 Å². The van der Waals surface area contributed by atoms with Crippen molar-refractivity contribution in [1.29, 1.82) is 0 Å². The molecule has 0 aliphatic heterocycles. The molecule has 152 valence electrons. The Morgan fingerprint density at radius 1 is 1.10 bits per heavy atom. The maximum absolute atomic E-state index is 14.8. The van der Waals surface area contributed by atoms with Crippen molar-refractivity contribution in [3.8, 4) is 16.9 Å². The molecule has 3 heterocycles. The van der Waals surface area contributed by atoms with Crippen LogP contribution in [0.2, 0.25) is 0 Å². The predicted molar refractivity (Wildman–Crippen MR) is 108 cm³/mol. The van der Waals surface area contributed by atoms with Gasteiger partial charge in [-0.3, -0.25) is 19.4 Å². The second-order valence-corrected chi connectivity index (χ2v) is 7.35. The summed E-state index contributed by atoms with van der Waals surface area (Å²) >= 11 is 0. The Bertz CT molecular complexity index is 1600. The number of rotatable bonds is 2. The van der Waals surface area contributed by atoms with Gasteiger partial charge in [0.15, 0.2) is 11.2 Å². The minimum absolute atomic E-state index is 0.0479. The first-order valence-electron chi connectivity index (χ1n) is 9.18. The van der Waals surface area contributed by atoms with Crippen LogP contribution in [0, 0.1) is 11.6 Å². The van der Waals surface area contributed by atoms with Gasteiger partial charge in [0.25, 0.3) is 5.56 Å². The van der Waals surface area contributed by atoms with Crippen LogP contribution >= 0.6 is 0 Å². The summed E-state index contributed by atoms with van der Waals surface area (Å²) in [5.74, 6) is -2.24. The molecular weight excluding hydrogens is 396 g/mol. The molecule has 0 radical (unpaired) electrons. The summed E-state index contributed by atoms with van der Waals surface area (Å²) in [7, 11) is 0. The lowest BCUT2D eigenvalue weighted by Crippen LogP contribution is -2.07. The Balaban J connectivity index is 2.09. The molecule has 5 aromatic rings. The lowest BCUT2D eigenvalue weighted by Gasteiger charge is -2.10. The van der Waals surface area contributed by atoms with E-state index in [-0.39, 0.29) is 33.7 Å². The summed E-state index contributed by atoms with van der Waals surface area (Å²) in [5.41, 5.74) is -0.369. The summed E-state index contributed by atoms with van der Waals surface area (Å²) < 4.78 is 35.7. The van der Waals surface area contributed by atoms with Crippen molar-refractivity contribution in [2.75, 3.05) is 0 Å². The molecule has 0 saturated heterocycles. The van der Waals surface area contributed by atoms with Crippen molar-refractivity contribution < 1.29 is 18.3 Å². The summed E-state index contributed by atoms with van der Waals surface area (Å²) in [6.45, 7) is 3.71. The summed E-state index contributed by atoms with van der Waals surface area (Å²) in [6, 6.07) is 5.53. The molecule has 0 aliphatic rings. The van der Waals surface area contributed by atoms with Gasteiger partial charge in [-0.1, -0.05) is 0 Å². The maximum Gasteiger partial charge on any atom is 0.274 e. The zero-order chi connectivity index (χ0) is 21.3. The molecule has 0 amide bonds. The summed E-state index contributed by atoms with van der Waals surface area (Å²) in [6.07, 6.45) is 0. The van der Waals surface area contributed by atoms with Crippen LogP contribution in [0.25, 0.3) is 44.2 Å². The summed E-state index contributed by atoms with van der Waals surface area (Å²) in [4.78, 5) is 27.8. The van der Waals surface area contributed by atoms with E-state index >= 15 is 0 Å². The Kier molecular flexibility index (Phi) is 3.67. The minimum Gasteiger partial charge on any atom is -0.502 e. The number of aromatic hydroxyl groups is 1. The van der Waals surface area contributed by atoms with Crippen LogP contribution in [0.3, 0.4) is 0 Å². The topological polar surface area (TPSA) is 104 Å². The SMILES string of the molecule is CC(C)n1[nH]c(=O)c2c(-c3ccc(F)cc3F)c3oc4c(O)c(=O)ccc4c3[nH]c21. The van der Waals surface area contributed by atoms with Gasteiger partial charge in [-0.05, 0) is 38.1 Å². The molecule has 0 unspecified atom stereocenters. The molecule has 2 aromatic carbocycles. The molecule has 0 fully saturated rings. The van der Waals surface area contributed by atoms with E-state index in [9.17, 15) is 23.5 Å². The lowest BCUT2D eigenvalue weighted by atomic mass is 10.0. The van der Waals surface area contributed by atoms with Crippen LogP contribution in [0.15, 0.2) is 44.3 Å². The van der Waals surface area contributed by atoms with Gasteiger partial charge in [-0.2, -0.15) is 0 Å². The number of pyridine rings is 1. The van der Waals surface area contributed by atoms with Crippen molar-refractivity contribution in [1.82, 2.24) is 14.8 Å². The van der Waals surface area contributed by atoms with Crippen molar-refractivity contribution >= 4 is 33.1 Å². The van der Waals surface area contributed by atoms with E-state index in [2.05, 4.69) is 10.1 Å². The smallest absolute Gasteiger partial charge is 0.274 e. The van der Waals surface area contributed by atoms with E-state index in [1.807, 2.05) is 13.8 Å². The fourth-order valence-corrected chi connectivity index (χ4v) is 3.80. The van der Waals surface area contributed by atoms with Gasteiger partial charge in [-0.25, -0.2) is 8.78 Å². The van der Waals surface area contributed by atoms with Crippen molar-refractivity contribution in [2.45, 2.75) is 19.9 Å². The average Bonchev–Trinajstić information content (AvgIpc) is 3.22. The molecule has 30 heavy (non-hydrogen) atoms. The third kappa shape index (κ3) is 2.35. The first kappa shape index (κ1) is 18.2. The summed E-state index contributed by atoms with van der Waals surface area (Å²) in [5, 5.41) is 13.4. The Labute approximate surface area is 166 Å². The number of H-pyrrole nitrogens is 2. The van der Waals surface area contributed by atoms with Crippen molar-refractivity contribution in [2.24, 2.45) is 0 Å². The van der Waals surface area contributed by atoms with Crippen LogP contribution < -0.4 is 11.0 Å². The number of hydrogen-bond donors (Lipinski definition) is 3. The van der Waals surface area contributed by atoms with Gasteiger partial charge in [-0.15, -0.1) is 0 Å². The number of phenolic OH excluding ortho intramolecular Hbond substituents is 1. The number of nitrogens with one attached hydrogen (secondary N) is 2. The Hall–Kier alpha value is -3.88. The quantitative estimate of drug-likeness (QED) is 0.406. The van der Waals surface area contributed by atoms with E-state index < -0.39 is 28.4 Å². The molecule has 0 atom stereocenters. The highest BCUT2D eigenvalue weighted by Crippen LogP contribution is 2.40. The molecule has 0 spiro atoms. The van der Waals surface area contributed by atoms with Crippen LogP contribution in [0.4, 0.5) is 8.78 Å². The Morgan fingerprint density at radius 3 is 2.57 bits per heavy atom. The van der Waals surface area contributed by atoms with Gasteiger partial charge < -0.3 is 14.5 Å². The van der Waals surface area contributed by atoms with Crippen LogP contribution in [0.1, 0.15) is 19.9 Å². The van der Waals surface area contributed by atoms with Gasteiger partial charge in [0, 0.05) is 28.6 Å². The molecule has 5 rings (SSSR count). The third-order valence-corrected chi connectivity index (χ3v) is 5.16.